The van der Waals surface area contributed by atoms with Crippen molar-refractivity contribution in [2.75, 3.05) is 6.54 Å². The number of hydrogen-bond acceptors (Lipinski definition) is 4. The molecule has 7 nitrogen and oxygen atoms in total. The van der Waals surface area contributed by atoms with Gasteiger partial charge in [0, 0.05) is 31.3 Å². The molecule has 1 atom stereocenters. The standard InChI is InChI=1S/C19H24N4O3/c1-13-3-2-4-18(25)22(13)8-7-17(24)21-9-10-23-15(12-21)11-16(20-23)19(26)14-5-6-14/h2-4,11,14,19,26H,5-10,12H2,1H3/t19-/m1/s1. The topological polar surface area (TPSA) is 80.4 Å². The molecular formula is C19H24N4O3. The highest BCUT2D eigenvalue weighted by atomic mass is 16.3. The van der Waals surface area contributed by atoms with E-state index in [2.05, 4.69) is 5.10 Å². The Labute approximate surface area is 151 Å². The van der Waals surface area contributed by atoms with Gasteiger partial charge in [0.2, 0.25) is 5.91 Å². The van der Waals surface area contributed by atoms with Crippen LogP contribution in [0.2, 0.25) is 0 Å². The predicted molar refractivity (Wildman–Crippen MR) is 95.4 cm³/mol. The number of fused-ring (bicyclic) bond motifs is 1. The number of carbonyl (C=O) groups excluding carboxylic acids is 1. The zero-order valence-corrected chi connectivity index (χ0v) is 15.0. The van der Waals surface area contributed by atoms with Crippen LogP contribution in [0.4, 0.5) is 0 Å². The molecule has 138 valence electrons. The fourth-order valence-electron chi connectivity index (χ4n) is 3.58. The highest BCUT2D eigenvalue weighted by Gasteiger charge is 2.33. The predicted octanol–water partition coefficient (Wildman–Crippen LogP) is 1.23. The lowest BCUT2D eigenvalue weighted by molar-refractivity contribution is -0.133. The third-order valence-electron chi connectivity index (χ3n) is 5.36. The minimum atomic E-state index is -0.481. The summed E-state index contributed by atoms with van der Waals surface area (Å²) in [6, 6.07) is 7.05. The Morgan fingerprint density at radius 2 is 2.15 bits per heavy atom. The van der Waals surface area contributed by atoms with Gasteiger partial charge < -0.3 is 14.6 Å². The van der Waals surface area contributed by atoms with Crippen molar-refractivity contribution >= 4 is 5.91 Å². The monoisotopic (exact) mass is 356 g/mol. The number of aryl methyl sites for hydroxylation is 1. The fourth-order valence-corrected chi connectivity index (χ4v) is 3.58. The Bertz CT molecular complexity index is 881. The van der Waals surface area contributed by atoms with Crippen LogP contribution in [0, 0.1) is 12.8 Å². The molecule has 0 aromatic carbocycles. The number of rotatable bonds is 5. The number of carbonyl (C=O) groups is 1. The third-order valence-corrected chi connectivity index (χ3v) is 5.36. The Balaban J connectivity index is 1.40. The molecule has 1 aliphatic heterocycles. The first kappa shape index (κ1) is 17.0. The van der Waals surface area contributed by atoms with Gasteiger partial charge >= 0.3 is 0 Å². The summed E-state index contributed by atoms with van der Waals surface area (Å²) in [5.74, 6) is 0.383. The van der Waals surface area contributed by atoms with Crippen LogP contribution in [0.5, 0.6) is 0 Å². The molecule has 3 heterocycles. The third kappa shape index (κ3) is 3.31. The van der Waals surface area contributed by atoms with Gasteiger partial charge in [-0.15, -0.1) is 0 Å². The van der Waals surface area contributed by atoms with Crippen LogP contribution >= 0.6 is 0 Å². The van der Waals surface area contributed by atoms with Gasteiger partial charge in [-0.3, -0.25) is 14.3 Å². The molecule has 0 radical (unpaired) electrons. The van der Waals surface area contributed by atoms with Gasteiger partial charge in [-0.1, -0.05) is 6.07 Å². The molecule has 1 fully saturated rings. The minimum absolute atomic E-state index is 0.0388. The number of aliphatic hydroxyl groups excluding tert-OH is 1. The number of aromatic nitrogens is 3. The van der Waals surface area contributed by atoms with Crippen molar-refractivity contribution in [2.24, 2.45) is 5.92 Å². The van der Waals surface area contributed by atoms with Crippen LogP contribution in [0.15, 0.2) is 29.1 Å². The molecule has 1 aliphatic carbocycles. The van der Waals surface area contributed by atoms with Gasteiger partial charge in [-0.25, -0.2) is 0 Å². The molecule has 1 amide bonds. The lowest BCUT2D eigenvalue weighted by Gasteiger charge is -2.28. The number of nitrogens with zero attached hydrogens (tertiary/aromatic N) is 4. The zero-order chi connectivity index (χ0) is 18.3. The van der Waals surface area contributed by atoms with Crippen molar-refractivity contribution in [1.82, 2.24) is 19.2 Å². The van der Waals surface area contributed by atoms with E-state index in [4.69, 9.17) is 0 Å². The van der Waals surface area contributed by atoms with Crippen molar-refractivity contribution in [1.29, 1.82) is 0 Å². The van der Waals surface area contributed by atoms with Crippen molar-refractivity contribution in [2.45, 2.75) is 51.9 Å². The highest BCUT2D eigenvalue weighted by molar-refractivity contribution is 5.76. The number of hydrogen-bond donors (Lipinski definition) is 1. The maximum atomic E-state index is 12.6. The normalized spacial score (nSPS) is 17.8. The van der Waals surface area contributed by atoms with E-state index in [-0.39, 0.29) is 11.5 Å². The Hall–Kier alpha value is -2.41. The van der Waals surface area contributed by atoms with Crippen LogP contribution < -0.4 is 5.56 Å². The van der Waals surface area contributed by atoms with Crippen LogP contribution in [-0.2, 0) is 24.4 Å². The Kier molecular flexibility index (Phi) is 4.40. The summed E-state index contributed by atoms with van der Waals surface area (Å²) >= 11 is 0. The fraction of sp³-hybridized carbons (Fsp3) is 0.526. The number of aliphatic hydroxyl groups is 1. The molecule has 2 aromatic rings. The van der Waals surface area contributed by atoms with Crippen molar-refractivity contribution in [3.63, 3.8) is 0 Å². The first-order chi connectivity index (χ1) is 12.5. The summed E-state index contributed by atoms with van der Waals surface area (Å²) in [6.45, 7) is 4.02. The molecule has 4 rings (SSSR count). The van der Waals surface area contributed by atoms with E-state index in [0.29, 0.717) is 38.5 Å². The molecule has 0 unspecified atom stereocenters. The minimum Gasteiger partial charge on any atom is -0.386 e. The SMILES string of the molecule is Cc1cccc(=O)n1CCC(=O)N1CCn2nc([C@H](O)C3CC3)cc2C1. The van der Waals surface area contributed by atoms with Gasteiger partial charge in [0.1, 0.15) is 6.10 Å². The second kappa shape index (κ2) is 6.72. The number of amides is 1. The van der Waals surface area contributed by atoms with E-state index >= 15 is 0 Å². The highest BCUT2D eigenvalue weighted by Crippen LogP contribution is 2.40. The van der Waals surface area contributed by atoms with Crippen molar-refractivity contribution in [3.05, 3.63) is 51.7 Å². The van der Waals surface area contributed by atoms with E-state index < -0.39 is 6.10 Å². The lowest BCUT2D eigenvalue weighted by Crippen LogP contribution is -2.39. The summed E-state index contributed by atoms with van der Waals surface area (Å²) < 4.78 is 3.53. The molecule has 1 saturated carbocycles. The van der Waals surface area contributed by atoms with Crippen LogP contribution in [-0.4, -0.2) is 36.8 Å². The summed E-state index contributed by atoms with van der Waals surface area (Å²) in [5.41, 5.74) is 2.48. The maximum absolute atomic E-state index is 12.6. The quantitative estimate of drug-likeness (QED) is 0.874. The zero-order valence-electron chi connectivity index (χ0n) is 15.0. The largest absolute Gasteiger partial charge is 0.386 e. The summed E-state index contributed by atoms with van der Waals surface area (Å²) in [5, 5.41) is 14.8. The average Bonchev–Trinajstić information content (AvgIpc) is 3.38. The maximum Gasteiger partial charge on any atom is 0.250 e. The molecule has 7 heteroatoms. The van der Waals surface area contributed by atoms with Gasteiger partial charge in [0.15, 0.2) is 0 Å². The Morgan fingerprint density at radius 1 is 1.35 bits per heavy atom. The molecule has 26 heavy (non-hydrogen) atoms. The molecule has 1 N–H and O–H groups in total. The lowest BCUT2D eigenvalue weighted by atomic mass is 10.1. The molecule has 0 spiro atoms. The Morgan fingerprint density at radius 3 is 2.88 bits per heavy atom. The van der Waals surface area contributed by atoms with Crippen molar-refractivity contribution in [3.8, 4) is 0 Å². The van der Waals surface area contributed by atoms with E-state index in [9.17, 15) is 14.7 Å². The van der Waals surface area contributed by atoms with Gasteiger partial charge in [-0.05, 0) is 37.8 Å². The van der Waals surface area contributed by atoms with Crippen LogP contribution in [0.1, 0.15) is 42.4 Å². The smallest absolute Gasteiger partial charge is 0.250 e. The van der Waals surface area contributed by atoms with Crippen LogP contribution in [0.3, 0.4) is 0 Å². The summed E-state index contributed by atoms with van der Waals surface area (Å²) in [4.78, 5) is 26.3. The van der Waals surface area contributed by atoms with E-state index in [1.54, 1.807) is 10.6 Å². The average molecular weight is 356 g/mol. The summed E-state index contributed by atoms with van der Waals surface area (Å²) in [6.07, 6.45) is 1.94. The van der Waals surface area contributed by atoms with E-state index in [0.717, 1.165) is 29.9 Å². The van der Waals surface area contributed by atoms with Gasteiger partial charge in [-0.2, -0.15) is 5.10 Å². The molecule has 0 bridgehead atoms. The second-order valence-corrected chi connectivity index (χ2v) is 7.29. The first-order valence-electron chi connectivity index (χ1n) is 9.22. The summed E-state index contributed by atoms with van der Waals surface area (Å²) in [7, 11) is 0. The van der Waals surface area contributed by atoms with Gasteiger partial charge in [0.05, 0.1) is 24.5 Å². The molecule has 0 saturated heterocycles. The molecule has 2 aliphatic rings. The van der Waals surface area contributed by atoms with Crippen LogP contribution in [0.25, 0.3) is 0 Å². The first-order valence-corrected chi connectivity index (χ1v) is 9.22. The van der Waals surface area contributed by atoms with E-state index in [1.807, 2.05) is 28.6 Å². The van der Waals surface area contributed by atoms with Crippen molar-refractivity contribution < 1.29 is 9.90 Å². The molecular weight excluding hydrogens is 332 g/mol. The van der Waals surface area contributed by atoms with E-state index in [1.165, 1.54) is 6.07 Å². The molecule has 2 aromatic heterocycles. The number of pyridine rings is 1. The van der Waals surface area contributed by atoms with Gasteiger partial charge in [0.25, 0.3) is 5.56 Å². The second-order valence-electron chi connectivity index (χ2n) is 7.29.